The summed E-state index contributed by atoms with van der Waals surface area (Å²) in [6, 6.07) is 6.12. The summed E-state index contributed by atoms with van der Waals surface area (Å²) in [5, 5.41) is 7.29. The van der Waals surface area contributed by atoms with Crippen molar-refractivity contribution >= 4 is 11.6 Å². The van der Waals surface area contributed by atoms with E-state index in [-0.39, 0.29) is 11.6 Å². The molecule has 1 heterocycles. The Morgan fingerprint density at radius 3 is 2.90 bits per heavy atom. The van der Waals surface area contributed by atoms with Gasteiger partial charge in [0.1, 0.15) is 18.2 Å². The fraction of sp³-hybridized carbons (Fsp3) is 0.400. The van der Waals surface area contributed by atoms with E-state index in [4.69, 9.17) is 20.9 Å². The fourth-order valence-corrected chi connectivity index (χ4v) is 1.83. The van der Waals surface area contributed by atoms with E-state index in [0.717, 1.165) is 12.2 Å². The molecule has 6 heteroatoms. The smallest absolute Gasteiger partial charge is 0.174 e. The molecule has 0 aliphatic carbocycles. The zero-order valence-corrected chi connectivity index (χ0v) is 12.8. The Morgan fingerprint density at radius 1 is 1.38 bits per heavy atom. The third-order valence-electron chi connectivity index (χ3n) is 2.74. The van der Waals surface area contributed by atoms with Crippen molar-refractivity contribution in [2.45, 2.75) is 27.0 Å². The van der Waals surface area contributed by atoms with E-state index in [1.807, 2.05) is 6.07 Å². The van der Waals surface area contributed by atoms with Crippen LogP contribution in [0.3, 0.4) is 0 Å². The Kier molecular flexibility index (Phi) is 5.59. The van der Waals surface area contributed by atoms with Crippen LogP contribution in [0.25, 0.3) is 0 Å². The van der Waals surface area contributed by atoms with Crippen molar-refractivity contribution in [1.29, 1.82) is 0 Å². The van der Waals surface area contributed by atoms with Gasteiger partial charge < -0.3 is 14.6 Å². The number of rotatable bonds is 7. The monoisotopic (exact) mass is 312 g/mol. The summed E-state index contributed by atoms with van der Waals surface area (Å²) in [4.78, 5) is 0. The SMILES string of the molecule is CC(C)CNCc1cc(COc2ccc(Cl)c(F)c2)on1. The minimum Gasteiger partial charge on any atom is -0.485 e. The highest BCUT2D eigenvalue weighted by Crippen LogP contribution is 2.21. The second-order valence-corrected chi connectivity index (χ2v) is 5.58. The summed E-state index contributed by atoms with van der Waals surface area (Å²) >= 11 is 5.61. The molecule has 21 heavy (non-hydrogen) atoms. The van der Waals surface area contributed by atoms with Crippen LogP contribution in [0.5, 0.6) is 5.75 Å². The van der Waals surface area contributed by atoms with Gasteiger partial charge in [-0.15, -0.1) is 0 Å². The van der Waals surface area contributed by atoms with E-state index in [1.54, 1.807) is 6.07 Å². The van der Waals surface area contributed by atoms with Crippen molar-refractivity contribution < 1.29 is 13.7 Å². The first-order valence-electron chi connectivity index (χ1n) is 6.77. The molecule has 1 aromatic heterocycles. The molecule has 0 aliphatic heterocycles. The molecule has 2 aromatic rings. The largest absolute Gasteiger partial charge is 0.485 e. The minimum absolute atomic E-state index is 0.0699. The van der Waals surface area contributed by atoms with Gasteiger partial charge in [0.2, 0.25) is 0 Å². The summed E-state index contributed by atoms with van der Waals surface area (Å²) < 4.78 is 23.9. The van der Waals surface area contributed by atoms with Crippen LogP contribution in [0, 0.1) is 11.7 Å². The number of hydrogen-bond donors (Lipinski definition) is 1. The molecule has 0 radical (unpaired) electrons. The van der Waals surface area contributed by atoms with Gasteiger partial charge in [0, 0.05) is 18.7 Å². The number of benzene rings is 1. The van der Waals surface area contributed by atoms with Gasteiger partial charge in [0.05, 0.1) is 10.7 Å². The molecular weight excluding hydrogens is 295 g/mol. The van der Waals surface area contributed by atoms with Gasteiger partial charge >= 0.3 is 0 Å². The van der Waals surface area contributed by atoms with Gasteiger partial charge in [-0.25, -0.2) is 4.39 Å². The standard InChI is InChI=1S/C15H18ClFN2O2/c1-10(2)7-18-8-11-5-13(21-19-11)9-20-12-3-4-14(16)15(17)6-12/h3-6,10,18H,7-9H2,1-2H3. The molecule has 0 saturated heterocycles. The number of nitrogens with zero attached hydrogens (tertiary/aromatic N) is 1. The Morgan fingerprint density at radius 2 is 2.19 bits per heavy atom. The van der Waals surface area contributed by atoms with E-state index in [1.165, 1.54) is 12.1 Å². The molecule has 1 aromatic carbocycles. The molecule has 0 bridgehead atoms. The van der Waals surface area contributed by atoms with Crippen molar-refractivity contribution in [2.75, 3.05) is 6.54 Å². The molecule has 4 nitrogen and oxygen atoms in total. The van der Waals surface area contributed by atoms with Crippen molar-refractivity contribution in [3.05, 3.63) is 46.6 Å². The highest BCUT2D eigenvalue weighted by atomic mass is 35.5. The van der Waals surface area contributed by atoms with Crippen LogP contribution >= 0.6 is 11.6 Å². The lowest BCUT2D eigenvalue weighted by atomic mass is 10.2. The highest BCUT2D eigenvalue weighted by Gasteiger charge is 2.07. The Labute approximate surface area is 128 Å². The maximum Gasteiger partial charge on any atom is 0.174 e. The Balaban J connectivity index is 1.83. The lowest BCUT2D eigenvalue weighted by molar-refractivity contribution is 0.247. The first-order valence-corrected chi connectivity index (χ1v) is 7.15. The number of aromatic nitrogens is 1. The molecule has 0 aliphatic rings. The van der Waals surface area contributed by atoms with Crippen molar-refractivity contribution in [3.63, 3.8) is 0 Å². The number of hydrogen-bond acceptors (Lipinski definition) is 4. The first-order chi connectivity index (χ1) is 10.0. The average molecular weight is 313 g/mol. The van der Waals surface area contributed by atoms with Crippen LogP contribution in [0.4, 0.5) is 4.39 Å². The van der Waals surface area contributed by atoms with Crippen molar-refractivity contribution in [3.8, 4) is 5.75 Å². The van der Waals surface area contributed by atoms with Gasteiger partial charge in [-0.3, -0.25) is 0 Å². The van der Waals surface area contributed by atoms with Gasteiger partial charge in [-0.05, 0) is 24.6 Å². The zero-order valence-electron chi connectivity index (χ0n) is 12.0. The van der Waals surface area contributed by atoms with E-state index < -0.39 is 5.82 Å². The average Bonchev–Trinajstić information content (AvgIpc) is 2.88. The molecule has 0 amide bonds. The highest BCUT2D eigenvalue weighted by molar-refractivity contribution is 6.30. The van der Waals surface area contributed by atoms with E-state index >= 15 is 0 Å². The Bertz CT molecular complexity index is 587. The number of ether oxygens (including phenoxy) is 1. The van der Waals surface area contributed by atoms with Crippen molar-refractivity contribution in [1.82, 2.24) is 10.5 Å². The fourth-order valence-electron chi connectivity index (χ4n) is 1.72. The van der Waals surface area contributed by atoms with E-state index in [0.29, 0.717) is 24.0 Å². The van der Waals surface area contributed by atoms with Crippen LogP contribution in [-0.4, -0.2) is 11.7 Å². The van der Waals surface area contributed by atoms with Crippen molar-refractivity contribution in [2.24, 2.45) is 5.92 Å². The third-order valence-corrected chi connectivity index (χ3v) is 3.05. The molecule has 0 atom stereocenters. The summed E-state index contributed by atoms with van der Waals surface area (Å²) in [6.07, 6.45) is 0. The molecule has 0 spiro atoms. The summed E-state index contributed by atoms with van der Waals surface area (Å²) in [5.41, 5.74) is 0.816. The molecular formula is C15H18ClFN2O2. The van der Waals surface area contributed by atoms with Crippen LogP contribution in [0.2, 0.25) is 5.02 Å². The first kappa shape index (κ1) is 15.8. The lowest BCUT2D eigenvalue weighted by Gasteiger charge is -2.04. The van der Waals surface area contributed by atoms with Crippen LogP contribution < -0.4 is 10.1 Å². The predicted molar refractivity (Wildman–Crippen MR) is 78.8 cm³/mol. The summed E-state index contributed by atoms with van der Waals surface area (Å²) in [7, 11) is 0. The minimum atomic E-state index is -0.509. The summed E-state index contributed by atoms with van der Waals surface area (Å²) in [5.74, 6) is 1.06. The summed E-state index contributed by atoms with van der Waals surface area (Å²) in [6.45, 7) is 6.04. The van der Waals surface area contributed by atoms with Crippen LogP contribution in [0.1, 0.15) is 25.3 Å². The quantitative estimate of drug-likeness (QED) is 0.845. The second kappa shape index (κ2) is 7.43. The topological polar surface area (TPSA) is 47.3 Å². The lowest BCUT2D eigenvalue weighted by Crippen LogP contribution is -2.19. The van der Waals surface area contributed by atoms with Gasteiger partial charge in [0.25, 0.3) is 0 Å². The van der Waals surface area contributed by atoms with E-state index in [2.05, 4.69) is 24.3 Å². The normalized spacial score (nSPS) is 11.1. The third kappa shape index (κ3) is 5.02. The molecule has 0 unspecified atom stereocenters. The van der Waals surface area contributed by atoms with Crippen LogP contribution in [-0.2, 0) is 13.2 Å². The number of halogens is 2. The predicted octanol–water partition coefficient (Wildman–Crippen LogP) is 3.79. The molecule has 114 valence electrons. The second-order valence-electron chi connectivity index (χ2n) is 5.17. The van der Waals surface area contributed by atoms with Gasteiger partial charge in [-0.2, -0.15) is 0 Å². The Hall–Kier alpha value is -1.59. The maximum atomic E-state index is 13.3. The number of nitrogens with one attached hydrogen (secondary N) is 1. The van der Waals surface area contributed by atoms with Gasteiger partial charge in [-0.1, -0.05) is 30.6 Å². The van der Waals surface area contributed by atoms with E-state index in [9.17, 15) is 4.39 Å². The van der Waals surface area contributed by atoms with Gasteiger partial charge in [0.15, 0.2) is 5.76 Å². The molecule has 1 N–H and O–H groups in total. The molecule has 0 fully saturated rings. The molecule has 2 rings (SSSR count). The zero-order chi connectivity index (χ0) is 15.2. The van der Waals surface area contributed by atoms with Crippen LogP contribution in [0.15, 0.2) is 28.8 Å². The molecule has 0 saturated carbocycles. The maximum absolute atomic E-state index is 13.3.